The number of amides is 4. The second-order valence-electron chi connectivity index (χ2n) is 12.8. The fraction of sp³-hybridized carbons (Fsp3) is 0.100. The number of hydrogen-bond donors (Lipinski definition) is 4. The number of carbonyl (C=O) groups is 6. The molecule has 0 saturated carbocycles. The van der Waals surface area contributed by atoms with E-state index in [0.717, 1.165) is 13.8 Å². The van der Waals surface area contributed by atoms with Crippen molar-refractivity contribution in [1.82, 2.24) is 0 Å². The van der Waals surface area contributed by atoms with Crippen LogP contribution in [-0.4, -0.2) is 47.3 Å². The molecule has 0 heterocycles. The zero-order valence-corrected chi connectivity index (χ0v) is 37.5. The van der Waals surface area contributed by atoms with Gasteiger partial charge in [-0.1, -0.05) is 92.8 Å². The normalized spacial score (nSPS) is 12.2. The van der Waals surface area contributed by atoms with E-state index in [9.17, 15) is 28.8 Å². The number of Topliss-reactive ketones (excluding diaryl/α,β-unsaturated/α-hetero) is 2. The first kappa shape index (κ1) is 47.9. The summed E-state index contributed by atoms with van der Waals surface area (Å²) < 4.78 is 0. The Morgan fingerprint density at radius 2 is 0.823 bits per heavy atom. The lowest BCUT2D eigenvalue weighted by atomic mass is 10.1. The standard InChI is InChI=1S/C40H26Cl8N8O6/c1-17(57)35(55-53-25-11-19(9-21(41)13-25)37(59)49-23-3-5-27(43)29(45)15-23)39(61)51-31-7-8-32(34(48)33(31)47)52-40(62)36(18(2)58)56-54-26-12-20(10-22(42)14-26)38(60)50-24-4-6-28(44)30(46)16-24/h3-16,35-36H,1-2H3,(H,49,59)(H,50,60)(H,51,61)(H,52,62). The molecule has 22 heteroatoms. The first-order valence-electron chi connectivity index (χ1n) is 17.4. The smallest absolute Gasteiger partial charge is 0.258 e. The summed E-state index contributed by atoms with van der Waals surface area (Å²) >= 11 is 49.3. The zero-order chi connectivity index (χ0) is 45.4. The van der Waals surface area contributed by atoms with Gasteiger partial charge in [-0.05, 0) is 98.8 Å². The molecule has 0 aromatic heterocycles. The van der Waals surface area contributed by atoms with Gasteiger partial charge in [0, 0.05) is 32.5 Å². The summed E-state index contributed by atoms with van der Waals surface area (Å²) in [6, 6.07) is 16.3. The fourth-order valence-corrected chi connectivity index (χ4v) is 6.59. The van der Waals surface area contributed by atoms with Crippen molar-refractivity contribution in [2.75, 3.05) is 21.3 Å². The highest BCUT2D eigenvalue weighted by molar-refractivity contribution is 6.46. The Hall–Kier alpha value is -5.16. The second kappa shape index (κ2) is 21.3. The summed E-state index contributed by atoms with van der Waals surface area (Å²) in [6.07, 6.45) is 0. The molecule has 0 spiro atoms. The van der Waals surface area contributed by atoms with Gasteiger partial charge >= 0.3 is 0 Å². The molecular formula is C40H26Cl8N8O6. The van der Waals surface area contributed by atoms with Gasteiger partial charge in [0.25, 0.3) is 23.6 Å². The van der Waals surface area contributed by atoms with Gasteiger partial charge in [-0.25, -0.2) is 0 Å². The molecule has 4 amide bonds. The van der Waals surface area contributed by atoms with Gasteiger partial charge in [-0.2, -0.15) is 20.5 Å². The van der Waals surface area contributed by atoms with Crippen LogP contribution in [0.15, 0.2) is 105 Å². The minimum Gasteiger partial charge on any atom is -0.322 e. The van der Waals surface area contributed by atoms with E-state index >= 15 is 0 Å². The predicted molar refractivity (Wildman–Crippen MR) is 243 cm³/mol. The molecule has 62 heavy (non-hydrogen) atoms. The summed E-state index contributed by atoms with van der Waals surface area (Å²) in [7, 11) is 0. The molecule has 0 saturated heterocycles. The van der Waals surface area contributed by atoms with Crippen LogP contribution in [0.2, 0.25) is 40.2 Å². The van der Waals surface area contributed by atoms with E-state index < -0.39 is 47.3 Å². The minimum atomic E-state index is -1.69. The summed E-state index contributed by atoms with van der Waals surface area (Å²) in [6.45, 7) is 2.21. The van der Waals surface area contributed by atoms with E-state index in [2.05, 4.69) is 41.7 Å². The molecule has 14 nitrogen and oxygen atoms in total. The molecule has 0 fully saturated rings. The zero-order valence-electron chi connectivity index (χ0n) is 31.5. The number of nitrogens with zero attached hydrogens (tertiary/aromatic N) is 4. The van der Waals surface area contributed by atoms with Crippen LogP contribution in [0.4, 0.5) is 34.1 Å². The fourth-order valence-electron chi connectivity index (χ4n) is 5.11. The number of ketones is 2. The average Bonchev–Trinajstić information content (AvgIpc) is 3.20. The number of hydrogen-bond acceptors (Lipinski definition) is 10. The maximum absolute atomic E-state index is 13.3. The molecule has 0 aliphatic rings. The molecule has 2 atom stereocenters. The number of anilines is 4. The van der Waals surface area contributed by atoms with Gasteiger partial charge in [0.05, 0.1) is 52.9 Å². The van der Waals surface area contributed by atoms with E-state index in [1.165, 1.54) is 72.8 Å². The quantitative estimate of drug-likeness (QED) is 0.0630. The van der Waals surface area contributed by atoms with Crippen molar-refractivity contribution in [2.45, 2.75) is 25.9 Å². The Morgan fingerprint density at radius 3 is 1.16 bits per heavy atom. The van der Waals surface area contributed by atoms with Gasteiger partial charge in [0.1, 0.15) is 0 Å². The van der Waals surface area contributed by atoms with Gasteiger partial charge in [-0.3, -0.25) is 28.8 Å². The van der Waals surface area contributed by atoms with Gasteiger partial charge in [-0.15, -0.1) is 0 Å². The first-order chi connectivity index (χ1) is 29.3. The van der Waals surface area contributed by atoms with Crippen molar-refractivity contribution in [3.05, 3.63) is 136 Å². The molecular weight excluding hydrogens is 972 g/mol. The second-order valence-corrected chi connectivity index (χ2v) is 16.0. The lowest BCUT2D eigenvalue weighted by molar-refractivity contribution is -0.127. The molecule has 0 aliphatic carbocycles. The summed E-state index contributed by atoms with van der Waals surface area (Å²) in [4.78, 5) is 77.5. The third-order valence-electron chi connectivity index (χ3n) is 8.09. The van der Waals surface area contributed by atoms with Crippen molar-refractivity contribution in [3.8, 4) is 0 Å². The van der Waals surface area contributed by atoms with Crippen molar-refractivity contribution in [3.63, 3.8) is 0 Å². The largest absolute Gasteiger partial charge is 0.322 e. The SMILES string of the molecule is CC(=O)C(N=Nc1cc(Cl)cc(C(=O)Nc2ccc(Cl)c(Cl)c2)c1)C(=O)Nc1ccc(NC(=O)C(N=Nc2cc(Cl)cc(C(=O)Nc3ccc(Cl)c(Cl)c3)c2)C(C)=O)c(Cl)c1Cl. The maximum atomic E-state index is 13.3. The molecule has 0 bridgehead atoms. The maximum Gasteiger partial charge on any atom is 0.258 e. The third-order valence-corrected chi connectivity index (χ3v) is 10.9. The number of halogens is 8. The molecule has 5 aromatic carbocycles. The summed E-state index contributed by atoms with van der Waals surface area (Å²) in [5.74, 6) is -4.48. The van der Waals surface area contributed by atoms with Crippen molar-refractivity contribution in [1.29, 1.82) is 0 Å². The number of benzene rings is 5. The first-order valence-corrected chi connectivity index (χ1v) is 20.4. The van der Waals surface area contributed by atoms with E-state index in [0.29, 0.717) is 21.4 Å². The van der Waals surface area contributed by atoms with Crippen molar-refractivity contribution < 1.29 is 28.8 Å². The number of carbonyl (C=O) groups excluding carboxylic acids is 6. The van der Waals surface area contributed by atoms with Gasteiger partial charge in [0.2, 0.25) is 12.1 Å². The van der Waals surface area contributed by atoms with Crippen LogP contribution in [0.5, 0.6) is 0 Å². The number of nitrogens with one attached hydrogen (secondary N) is 4. The highest BCUT2D eigenvalue weighted by Crippen LogP contribution is 2.37. The molecule has 5 rings (SSSR count). The minimum absolute atomic E-state index is 0.0430. The Labute approximate surface area is 392 Å². The van der Waals surface area contributed by atoms with Crippen LogP contribution in [0.25, 0.3) is 0 Å². The van der Waals surface area contributed by atoms with Crippen molar-refractivity contribution >= 4 is 162 Å². The number of rotatable bonds is 14. The highest BCUT2D eigenvalue weighted by Gasteiger charge is 2.27. The van der Waals surface area contributed by atoms with Crippen LogP contribution in [0, 0.1) is 0 Å². The average molecular weight is 998 g/mol. The summed E-state index contributed by atoms with van der Waals surface area (Å²) in [5, 5.41) is 26.7. The molecule has 318 valence electrons. The van der Waals surface area contributed by atoms with E-state index in [1.807, 2.05) is 0 Å². The lowest BCUT2D eigenvalue weighted by Crippen LogP contribution is -2.32. The predicted octanol–water partition coefficient (Wildman–Crippen LogP) is 12.8. The Morgan fingerprint density at radius 1 is 0.452 bits per heavy atom. The Bertz CT molecular complexity index is 2530. The van der Waals surface area contributed by atoms with Crippen LogP contribution in [-0.2, 0) is 19.2 Å². The summed E-state index contributed by atoms with van der Waals surface area (Å²) in [5.41, 5.74) is 0.796. The Kier molecular flexibility index (Phi) is 16.4. The van der Waals surface area contributed by atoms with Gasteiger partial charge in [0.15, 0.2) is 11.6 Å². The van der Waals surface area contributed by atoms with E-state index in [1.54, 1.807) is 12.1 Å². The molecule has 4 N–H and O–H groups in total. The van der Waals surface area contributed by atoms with Gasteiger partial charge < -0.3 is 21.3 Å². The van der Waals surface area contributed by atoms with E-state index in [4.69, 9.17) is 92.8 Å². The van der Waals surface area contributed by atoms with Crippen molar-refractivity contribution in [2.24, 2.45) is 20.5 Å². The van der Waals surface area contributed by atoms with Crippen LogP contribution < -0.4 is 21.3 Å². The highest BCUT2D eigenvalue weighted by atomic mass is 35.5. The molecule has 0 aliphatic heterocycles. The van der Waals surface area contributed by atoms with E-state index in [-0.39, 0.29) is 64.0 Å². The van der Waals surface area contributed by atoms with Crippen LogP contribution >= 0.6 is 92.8 Å². The molecule has 2 unspecified atom stereocenters. The third kappa shape index (κ3) is 12.7. The molecule has 0 radical (unpaired) electrons. The Balaban J connectivity index is 1.26. The van der Waals surface area contributed by atoms with Crippen LogP contribution in [0.3, 0.4) is 0 Å². The monoisotopic (exact) mass is 994 g/mol. The number of azo groups is 2. The molecule has 5 aromatic rings. The topological polar surface area (TPSA) is 200 Å². The lowest BCUT2D eigenvalue weighted by Gasteiger charge is -2.15. The van der Waals surface area contributed by atoms with Crippen LogP contribution in [0.1, 0.15) is 34.6 Å².